The fourth-order valence-electron chi connectivity index (χ4n) is 0. The maximum Gasteiger partial charge on any atom is 0 e. The molecule has 0 aliphatic carbocycles. The van der Waals surface area contributed by atoms with Crippen molar-refractivity contribution in [1.29, 1.82) is 0 Å². The number of hydrogen-bond donors (Lipinski definition) is 0. The van der Waals surface area contributed by atoms with Gasteiger partial charge in [0, 0.05) is 108 Å². The number of hydrogen-bond acceptors (Lipinski definition) is 0. The fraction of sp³-hybridized carbons (Fsp3) is 0.667. The molecule has 0 rings (SSSR count). The van der Waals surface area contributed by atoms with Gasteiger partial charge in [0.25, 0.3) is 0 Å². The van der Waals surface area contributed by atoms with Crippen molar-refractivity contribution in [1.82, 2.24) is 0 Å². The molecule has 0 atom stereocenters. The van der Waals surface area contributed by atoms with Crippen molar-refractivity contribution in [3.8, 4) is 0 Å². The summed E-state index contributed by atoms with van der Waals surface area (Å²) in [6.07, 6.45) is 0. The summed E-state index contributed by atoms with van der Waals surface area (Å²) in [6.45, 7) is 4.00. The molecule has 0 bridgehead atoms. The topological polar surface area (TPSA) is 0 Å². The Balaban J connectivity index is -0.000000000833. The zero-order valence-electron chi connectivity index (χ0n) is 4.28. The van der Waals surface area contributed by atoms with Gasteiger partial charge in [0.15, 0.2) is 0 Å². The number of rotatable bonds is 0. The van der Waals surface area contributed by atoms with E-state index in [4.69, 9.17) is 0 Å². The summed E-state index contributed by atoms with van der Waals surface area (Å²) in [7, 11) is 0. The predicted molar refractivity (Wildman–Crippen MR) is 17.8 cm³/mol. The molecule has 1 radical (unpaired) electrons. The second-order valence-corrected chi connectivity index (χ2v) is 0. The van der Waals surface area contributed by atoms with Crippen LogP contribution in [0.25, 0.3) is 0 Å². The Morgan fingerprint density at radius 3 is 0.833 bits per heavy atom. The van der Waals surface area contributed by atoms with Gasteiger partial charge in [0.05, 0.1) is 0 Å². The van der Waals surface area contributed by atoms with Crippen molar-refractivity contribution in [2.24, 2.45) is 0 Å². The molecule has 6 heavy (non-hydrogen) atoms. The first kappa shape index (κ1) is 33.5. The van der Waals surface area contributed by atoms with Gasteiger partial charge < -0.3 is 7.43 Å². The van der Waals surface area contributed by atoms with E-state index in [0.717, 1.165) is 0 Å². The van der Waals surface area contributed by atoms with Crippen molar-refractivity contribution in [2.45, 2.75) is 13.8 Å². The minimum absolute atomic E-state index is 0. The van der Waals surface area contributed by atoms with Crippen LogP contribution in [0.15, 0.2) is 0 Å². The van der Waals surface area contributed by atoms with Crippen LogP contribution in [0.4, 0.5) is 0 Å². The van der Waals surface area contributed by atoms with Crippen LogP contribution in [0.1, 0.15) is 13.8 Å². The van der Waals surface area contributed by atoms with Crippen LogP contribution in [-0.4, -0.2) is 0 Å². The van der Waals surface area contributed by atoms with Crippen LogP contribution in [-0.2, 0) is 32.7 Å². The van der Waals surface area contributed by atoms with E-state index in [2.05, 4.69) is 0 Å². The van der Waals surface area contributed by atoms with Crippen molar-refractivity contribution in [3.63, 3.8) is 0 Å². The summed E-state index contributed by atoms with van der Waals surface area (Å²) in [6, 6.07) is 0. The van der Waals surface area contributed by atoms with Crippen LogP contribution in [0.3, 0.4) is 0 Å². The van der Waals surface area contributed by atoms with Crippen LogP contribution >= 0.6 is 0 Å². The van der Waals surface area contributed by atoms with Gasteiger partial charge in [-0.05, 0) is 0 Å². The molecule has 0 saturated carbocycles. The van der Waals surface area contributed by atoms with Crippen LogP contribution < -0.4 is 0 Å². The molecule has 0 unspecified atom stereocenters. The quantitative estimate of drug-likeness (QED) is 0.535. The van der Waals surface area contributed by atoms with E-state index in [0.29, 0.717) is 0 Å². The van der Waals surface area contributed by atoms with E-state index in [9.17, 15) is 0 Å². The van der Waals surface area contributed by atoms with Crippen molar-refractivity contribution in [3.05, 3.63) is 7.43 Å². The van der Waals surface area contributed by atoms with Gasteiger partial charge in [-0.3, -0.25) is 0 Å². The van der Waals surface area contributed by atoms with Gasteiger partial charge in [0.2, 0.25) is 0 Å². The van der Waals surface area contributed by atoms with Gasteiger partial charge >= 0.3 is 0 Å². The molecule has 41 valence electrons. The summed E-state index contributed by atoms with van der Waals surface area (Å²) in [5.41, 5.74) is 0. The third kappa shape index (κ3) is 25.5. The molecule has 0 nitrogen and oxygen atoms in total. The van der Waals surface area contributed by atoms with Gasteiger partial charge in [0.1, 0.15) is 0 Å². The Morgan fingerprint density at radius 1 is 0.833 bits per heavy atom. The SMILES string of the molecule is CC.[Ar].[Ar].[CH3-].[Y]. The molecule has 0 aromatic carbocycles. The predicted octanol–water partition coefficient (Wildman–Crippen LogP) is 1.47. The Kier molecular flexibility index (Phi) is 213. The Labute approximate surface area is 126 Å². The molecule has 0 heterocycles. The molecule has 0 N–H and O–H groups in total. The maximum atomic E-state index is 2.00. The third-order valence-corrected chi connectivity index (χ3v) is 0. The van der Waals surface area contributed by atoms with E-state index < -0.39 is 0 Å². The van der Waals surface area contributed by atoms with Gasteiger partial charge in [-0.1, -0.05) is 13.8 Å². The second kappa shape index (κ2) is 38.2. The standard InChI is InChI=1S/C2H6.CH3.2Ar.Y/c1-2;;;;/h1-2H3;1H3;;;/q;-1;;;. The maximum absolute atomic E-state index is 2.00. The van der Waals surface area contributed by atoms with E-state index in [-0.39, 0.29) is 116 Å². The normalized spacial score (nSPS) is 1.00. The molecule has 0 amide bonds. The van der Waals surface area contributed by atoms with Crippen LogP contribution in [0, 0.1) is 82.9 Å². The zero-order chi connectivity index (χ0) is 2.00. The molecule has 0 fully saturated rings. The second-order valence-electron chi connectivity index (χ2n) is 0. The first-order valence-corrected chi connectivity index (χ1v) is 1.00. The minimum Gasteiger partial charge on any atom is -0.358 e. The van der Waals surface area contributed by atoms with Crippen LogP contribution in [0.5, 0.6) is 0 Å². The molecule has 0 aromatic heterocycles. The fourth-order valence-corrected chi connectivity index (χ4v) is 0. The van der Waals surface area contributed by atoms with E-state index in [1.54, 1.807) is 0 Å². The van der Waals surface area contributed by atoms with Gasteiger partial charge in [-0.2, -0.15) is 0 Å². The van der Waals surface area contributed by atoms with Crippen molar-refractivity contribution >= 4 is 0 Å². The van der Waals surface area contributed by atoms with Gasteiger partial charge in [-0.15, -0.1) is 0 Å². The summed E-state index contributed by atoms with van der Waals surface area (Å²) in [5.74, 6) is 0. The largest absolute Gasteiger partial charge is 0.358 e. The van der Waals surface area contributed by atoms with Gasteiger partial charge in [-0.25, -0.2) is 0 Å². The smallest absolute Gasteiger partial charge is 0 e. The Bertz CT molecular complexity index is 8.75. The average molecular weight is 214 g/mol. The summed E-state index contributed by atoms with van der Waals surface area (Å²) in [4.78, 5) is 0. The van der Waals surface area contributed by atoms with Crippen molar-refractivity contribution < 1.29 is 108 Å². The monoisotopic (exact) mass is 214 g/mol. The summed E-state index contributed by atoms with van der Waals surface area (Å²) in [5, 5.41) is 0. The summed E-state index contributed by atoms with van der Waals surface area (Å²) < 4.78 is 0. The minimum atomic E-state index is 0. The zero-order valence-corrected chi connectivity index (χ0v) is 8.54. The molecule has 0 aromatic rings. The Morgan fingerprint density at radius 2 is 0.833 bits per heavy atom. The third-order valence-electron chi connectivity index (χ3n) is 0. The van der Waals surface area contributed by atoms with Crippen molar-refractivity contribution in [2.75, 3.05) is 0 Å². The average Bonchev–Trinajstić information content (AvgIpc) is 1.00. The molecule has 3 heteroatoms. The molecular weight excluding hydrogens is 205 g/mol. The van der Waals surface area contributed by atoms with E-state index in [1.165, 1.54) is 0 Å². The molecule has 0 aliphatic heterocycles. The summed E-state index contributed by atoms with van der Waals surface area (Å²) >= 11 is 0. The first-order valence-electron chi connectivity index (χ1n) is 1.00. The van der Waals surface area contributed by atoms with E-state index in [1.807, 2.05) is 13.8 Å². The molecular formula is C3H9Ar2Y-. The van der Waals surface area contributed by atoms with Crippen LogP contribution in [0.2, 0.25) is 0 Å². The Hall–Kier alpha value is 3.62. The van der Waals surface area contributed by atoms with E-state index >= 15 is 0 Å². The molecule has 0 spiro atoms. The first-order chi connectivity index (χ1) is 1.00. The molecule has 0 aliphatic rings. The molecule has 0 saturated heterocycles.